The highest BCUT2D eigenvalue weighted by Gasteiger charge is 2.28. The first-order valence-corrected chi connectivity index (χ1v) is 9.37. The van der Waals surface area contributed by atoms with Crippen molar-refractivity contribution in [2.75, 3.05) is 0 Å². The Morgan fingerprint density at radius 3 is 2.15 bits per heavy atom. The maximum Gasteiger partial charge on any atom is 0.407 e. The van der Waals surface area contributed by atoms with Crippen molar-refractivity contribution in [2.24, 2.45) is 5.92 Å². The molecule has 0 aliphatic heterocycles. The monoisotopic (exact) mass is 395 g/mol. The molecular weight excluding hydrogens is 370 g/mol. The number of ether oxygens (including phenoxy) is 1. The van der Waals surface area contributed by atoms with Crippen LogP contribution in [0.15, 0.2) is 24.3 Å². The van der Waals surface area contributed by atoms with Crippen LogP contribution >= 0.6 is 11.6 Å². The lowest BCUT2D eigenvalue weighted by Crippen LogP contribution is -2.47. The molecule has 2 rings (SSSR count). The van der Waals surface area contributed by atoms with E-state index >= 15 is 0 Å². The van der Waals surface area contributed by atoms with E-state index in [1.807, 2.05) is 20.8 Å². The van der Waals surface area contributed by atoms with E-state index in [2.05, 4.69) is 16.2 Å². The van der Waals surface area contributed by atoms with Crippen LogP contribution in [0.5, 0.6) is 0 Å². The lowest BCUT2D eigenvalue weighted by atomic mass is 9.85. The average molecular weight is 396 g/mol. The molecule has 1 aliphatic rings. The maximum atomic E-state index is 12.2. The Morgan fingerprint density at radius 1 is 1.00 bits per heavy atom. The van der Waals surface area contributed by atoms with Gasteiger partial charge in [0, 0.05) is 22.5 Å². The molecule has 0 saturated heterocycles. The van der Waals surface area contributed by atoms with Crippen molar-refractivity contribution < 1.29 is 19.1 Å². The van der Waals surface area contributed by atoms with Gasteiger partial charge in [0.1, 0.15) is 5.60 Å². The second-order valence-electron chi connectivity index (χ2n) is 7.65. The van der Waals surface area contributed by atoms with E-state index in [9.17, 15) is 14.4 Å². The molecule has 3 amide bonds. The largest absolute Gasteiger partial charge is 0.444 e. The molecule has 1 fully saturated rings. The predicted molar refractivity (Wildman–Crippen MR) is 102 cm³/mol. The Labute approximate surface area is 164 Å². The molecule has 1 aromatic carbocycles. The molecule has 1 saturated carbocycles. The highest BCUT2D eigenvalue weighted by Crippen LogP contribution is 2.24. The van der Waals surface area contributed by atoms with Crippen LogP contribution in [0.4, 0.5) is 4.79 Å². The van der Waals surface area contributed by atoms with E-state index in [4.69, 9.17) is 16.3 Å². The Kier molecular flexibility index (Phi) is 7.07. The van der Waals surface area contributed by atoms with Crippen molar-refractivity contribution in [3.63, 3.8) is 0 Å². The van der Waals surface area contributed by atoms with E-state index in [-0.39, 0.29) is 17.9 Å². The van der Waals surface area contributed by atoms with Crippen molar-refractivity contribution >= 4 is 29.5 Å². The lowest BCUT2D eigenvalue weighted by Gasteiger charge is -2.29. The molecule has 1 aromatic rings. The number of nitrogens with one attached hydrogen (secondary N) is 3. The van der Waals surface area contributed by atoms with Gasteiger partial charge < -0.3 is 10.1 Å². The summed E-state index contributed by atoms with van der Waals surface area (Å²) in [7, 11) is 0. The molecule has 1 aliphatic carbocycles. The third-order valence-corrected chi connectivity index (χ3v) is 4.48. The summed E-state index contributed by atoms with van der Waals surface area (Å²) in [6, 6.07) is 6.37. The number of carbonyl (C=O) groups is 3. The first-order chi connectivity index (χ1) is 12.6. The van der Waals surface area contributed by atoms with E-state index in [0.29, 0.717) is 36.3 Å². The molecule has 0 unspecified atom stereocenters. The number of rotatable bonds is 3. The fraction of sp³-hybridized carbons (Fsp3) is 0.526. The minimum Gasteiger partial charge on any atom is -0.444 e. The Bertz CT molecular complexity index is 677. The van der Waals surface area contributed by atoms with Gasteiger partial charge in [0.2, 0.25) is 5.91 Å². The van der Waals surface area contributed by atoms with Gasteiger partial charge in [0.15, 0.2) is 0 Å². The molecular formula is C19H26ClN3O4. The highest BCUT2D eigenvalue weighted by atomic mass is 35.5. The molecule has 0 spiro atoms. The normalized spacial score (nSPS) is 19.7. The lowest BCUT2D eigenvalue weighted by molar-refractivity contribution is -0.126. The number of hydrogen-bond acceptors (Lipinski definition) is 4. The first kappa shape index (κ1) is 21.0. The summed E-state index contributed by atoms with van der Waals surface area (Å²) < 4.78 is 5.24. The third-order valence-electron chi connectivity index (χ3n) is 4.22. The summed E-state index contributed by atoms with van der Waals surface area (Å²) >= 11 is 5.78. The number of alkyl carbamates (subject to hydrolysis) is 1. The number of hydrazine groups is 1. The van der Waals surface area contributed by atoms with Crippen molar-refractivity contribution in [3.05, 3.63) is 34.9 Å². The summed E-state index contributed by atoms with van der Waals surface area (Å²) in [4.78, 5) is 36.1. The Morgan fingerprint density at radius 2 is 1.59 bits per heavy atom. The highest BCUT2D eigenvalue weighted by molar-refractivity contribution is 6.30. The zero-order valence-corrected chi connectivity index (χ0v) is 16.6. The number of benzene rings is 1. The zero-order chi connectivity index (χ0) is 20.0. The third kappa shape index (κ3) is 7.09. The van der Waals surface area contributed by atoms with Crippen LogP contribution in [-0.4, -0.2) is 29.6 Å². The molecule has 3 N–H and O–H groups in total. The van der Waals surface area contributed by atoms with Gasteiger partial charge in [-0.1, -0.05) is 11.6 Å². The minimum absolute atomic E-state index is 0.00689. The van der Waals surface area contributed by atoms with Gasteiger partial charge in [0.05, 0.1) is 0 Å². The smallest absolute Gasteiger partial charge is 0.407 e. The molecule has 27 heavy (non-hydrogen) atoms. The number of carbonyl (C=O) groups excluding carboxylic acids is 3. The van der Waals surface area contributed by atoms with E-state index in [1.54, 1.807) is 24.3 Å². The van der Waals surface area contributed by atoms with Crippen molar-refractivity contribution in [3.8, 4) is 0 Å². The molecule has 0 aromatic heterocycles. The van der Waals surface area contributed by atoms with E-state index < -0.39 is 17.6 Å². The average Bonchev–Trinajstić information content (AvgIpc) is 2.59. The van der Waals surface area contributed by atoms with Crippen molar-refractivity contribution in [1.82, 2.24) is 16.2 Å². The van der Waals surface area contributed by atoms with Crippen LogP contribution in [0.3, 0.4) is 0 Å². The second-order valence-corrected chi connectivity index (χ2v) is 8.08. The molecule has 8 heteroatoms. The number of halogens is 1. The molecule has 7 nitrogen and oxygen atoms in total. The van der Waals surface area contributed by atoms with Crippen LogP contribution in [0.2, 0.25) is 5.02 Å². The summed E-state index contributed by atoms with van der Waals surface area (Å²) in [5.74, 6) is -0.833. The minimum atomic E-state index is -0.538. The number of amides is 3. The summed E-state index contributed by atoms with van der Waals surface area (Å²) in [6.45, 7) is 5.43. The zero-order valence-electron chi connectivity index (χ0n) is 15.8. The van der Waals surface area contributed by atoms with Crippen molar-refractivity contribution in [1.29, 1.82) is 0 Å². The molecule has 0 bridgehead atoms. The second kappa shape index (κ2) is 9.08. The van der Waals surface area contributed by atoms with Gasteiger partial charge >= 0.3 is 6.09 Å². The van der Waals surface area contributed by atoms with Crippen LogP contribution in [0.25, 0.3) is 0 Å². The first-order valence-electron chi connectivity index (χ1n) is 8.99. The fourth-order valence-electron chi connectivity index (χ4n) is 2.87. The van der Waals surface area contributed by atoms with Gasteiger partial charge in [-0.3, -0.25) is 20.4 Å². The molecule has 0 atom stereocenters. The van der Waals surface area contributed by atoms with Gasteiger partial charge in [-0.15, -0.1) is 0 Å². The van der Waals surface area contributed by atoms with Gasteiger partial charge in [0.25, 0.3) is 5.91 Å². The van der Waals surface area contributed by atoms with E-state index in [1.165, 1.54) is 0 Å². The summed E-state index contributed by atoms with van der Waals surface area (Å²) in [5.41, 5.74) is 4.75. The van der Waals surface area contributed by atoms with Gasteiger partial charge in [-0.05, 0) is 70.7 Å². The Hall–Kier alpha value is -2.28. The molecule has 0 heterocycles. The number of hydrogen-bond donors (Lipinski definition) is 3. The van der Waals surface area contributed by atoms with Crippen molar-refractivity contribution in [2.45, 2.75) is 58.1 Å². The van der Waals surface area contributed by atoms with Crippen LogP contribution < -0.4 is 16.2 Å². The Balaban J connectivity index is 1.72. The summed E-state index contributed by atoms with van der Waals surface area (Å²) in [5, 5.41) is 3.37. The van der Waals surface area contributed by atoms with Crippen LogP contribution in [0.1, 0.15) is 56.8 Å². The quantitative estimate of drug-likeness (QED) is 0.685. The summed E-state index contributed by atoms with van der Waals surface area (Å²) in [6.07, 6.45) is 2.18. The fourth-order valence-corrected chi connectivity index (χ4v) is 2.99. The predicted octanol–water partition coefficient (Wildman–Crippen LogP) is 3.18. The van der Waals surface area contributed by atoms with Crippen LogP contribution in [0, 0.1) is 5.92 Å². The molecule has 148 valence electrons. The van der Waals surface area contributed by atoms with Crippen LogP contribution in [-0.2, 0) is 9.53 Å². The standard InChI is InChI=1S/C19H26ClN3O4/c1-19(2,3)27-18(26)21-15-10-6-13(7-11-15)17(25)23-22-16(24)12-4-8-14(20)9-5-12/h4-5,8-9,13,15H,6-7,10-11H2,1-3H3,(H,21,26)(H,22,24)(H,23,25). The molecule has 0 radical (unpaired) electrons. The maximum absolute atomic E-state index is 12.2. The SMILES string of the molecule is CC(C)(C)OC(=O)NC1CCC(C(=O)NNC(=O)c2ccc(Cl)cc2)CC1. The van der Waals surface area contributed by atoms with Gasteiger partial charge in [-0.25, -0.2) is 4.79 Å². The van der Waals surface area contributed by atoms with Gasteiger partial charge in [-0.2, -0.15) is 0 Å². The van der Waals surface area contributed by atoms with E-state index in [0.717, 1.165) is 0 Å². The topological polar surface area (TPSA) is 96.5 Å².